The molecule has 33 heavy (non-hydrogen) atoms. The standard InChI is InChI=1S/C27H29N3O2S/c28-24(19-23-10-6-18-33-23)27(32)29-22(13-12-20-7-2-1-3-8-20)14-15-26(31)30-17-16-21-9-4-5-11-25(21)30/h1-11,14-15,18,22,24H,12-13,16-17,19,28H2,(H,29,32)/t22-,24-/m0/s1. The highest BCUT2D eigenvalue weighted by molar-refractivity contribution is 7.09. The molecule has 0 spiro atoms. The van der Waals surface area contributed by atoms with Crippen molar-refractivity contribution in [3.05, 3.63) is 100 Å². The molecule has 0 aliphatic carbocycles. The van der Waals surface area contributed by atoms with Gasteiger partial charge in [-0.1, -0.05) is 60.7 Å². The maximum atomic E-state index is 12.9. The summed E-state index contributed by atoms with van der Waals surface area (Å²) in [4.78, 5) is 28.6. The SMILES string of the molecule is N[C@@H](Cc1cccs1)C(=O)N[C@H](C=CC(=O)N1CCc2ccccc21)CCc1ccccc1. The van der Waals surface area contributed by atoms with Crippen LogP contribution in [0.15, 0.2) is 84.3 Å². The lowest BCUT2D eigenvalue weighted by molar-refractivity contribution is -0.122. The Hall–Kier alpha value is -3.22. The second-order valence-electron chi connectivity index (χ2n) is 8.26. The largest absolute Gasteiger partial charge is 0.349 e. The van der Waals surface area contributed by atoms with Crippen LogP contribution >= 0.6 is 11.3 Å². The van der Waals surface area contributed by atoms with E-state index < -0.39 is 6.04 Å². The number of rotatable bonds is 9. The van der Waals surface area contributed by atoms with Crippen LogP contribution in [0.5, 0.6) is 0 Å². The maximum Gasteiger partial charge on any atom is 0.250 e. The zero-order valence-electron chi connectivity index (χ0n) is 18.5. The van der Waals surface area contributed by atoms with Gasteiger partial charge in [-0.25, -0.2) is 0 Å². The van der Waals surface area contributed by atoms with E-state index in [0.717, 1.165) is 23.4 Å². The van der Waals surface area contributed by atoms with E-state index in [-0.39, 0.29) is 17.9 Å². The first-order valence-electron chi connectivity index (χ1n) is 11.3. The van der Waals surface area contributed by atoms with Crippen molar-refractivity contribution >= 4 is 28.8 Å². The Labute approximate surface area is 198 Å². The quantitative estimate of drug-likeness (QED) is 0.477. The fourth-order valence-electron chi connectivity index (χ4n) is 4.07. The third kappa shape index (κ3) is 6.18. The van der Waals surface area contributed by atoms with Crippen LogP contribution in [0.1, 0.15) is 22.4 Å². The lowest BCUT2D eigenvalue weighted by Gasteiger charge is -2.19. The fourth-order valence-corrected chi connectivity index (χ4v) is 4.83. The third-order valence-corrected chi connectivity index (χ3v) is 6.78. The number of nitrogens with one attached hydrogen (secondary N) is 1. The summed E-state index contributed by atoms with van der Waals surface area (Å²) in [6.07, 6.45) is 6.23. The van der Waals surface area contributed by atoms with Gasteiger partial charge in [0.25, 0.3) is 5.91 Å². The number of para-hydroxylation sites is 1. The number of benzene rings is 2. The highest BCUT2D eigenvalue weighted by Crippen LogP contribution is 2.27. The molecule has 0 unspecified atom stereocenters. The monoisotopic (exact) mass is 459 g/mol. The van der Waals surface area contributed by atoms with Crippen LogP contribution in [0, 0.1) is 0 Å². The Bertz CT molecular complexity index is 1100. The highest BCUT2D eigenvalue weighted by atomic mass is 32.1. The number of carbonyl (C=O) groups is 2. The molecule has 0 bridgehead atoms. The Balaban J connectivity index is 1.42. The lowest BCUT2D eigenvalue weighted by Crippen LogP contribution is -2.46. The number of amides is 2. The van der Waals surface area contributed by atoms with E-state index in [1.807, 2.05) is 60.0 Å². The van der Waals surface area contributed by atoms with E-state index in [9.17, 15) is 9.59 Å². The summed E-state index contributed by atoms with van der Waals surface area (Å²) in [5.41, 5.74) is 9.51. The van der Waals surface area contributed by atoms with E-state index in [2.05, 4.69) is 23.5 Å². The molecule has 0 saturated heterocycles. The molecule has 6 heteroatoms. The second kappa shape index (κ2) is 11.1. The summed E-state index contributed by atoms with van der Waals surface area (Å²) in [5, 5.41) is 5.03. The maximum absolute atomic E-state index is 12.9. The van der Waals surface area contributed by atoms with Crippen LogP contribution in [0.25, 0.3) is 0 Å². The van der Waals surface area contributed by atoms with Gasteiger partial charge in [-0.2, -0.15) is 0 Å². The van der Waals surface area contributed by atoms with Gasteiger partial charge < -0.3 is 16.0 Å². The number of hydrogen-bond donors (Lipinski definition) is 2. The van der Waals surface area contributed by atoms with Gasteiger partial charge in [0.05, 0.1) is 6.04 Å². The Morgan fingerprint density at radius 3 is 2.64 bits per heavy atom. The van der Waals surface area contributed by atoms with Crippen LogP contribution in [-0.4, -0.2) is 30.4 Å². The van der Waals surface area contributed by atoms with Gasteiger partial charge in [0.2, 0.25) is 5.91 Å². The summed E-state index contributed by atoms with van der Waals surface area (Å²) in [6, 6.07) is 21.1. The number of hydrogen-bond acceptors (Lipinski definition) is 4. The van der Waals surface area contributed by atoms with Crippen molar-refractivity contribution in [3.8, 4) is 0 Å². The smallest absolute Gasteiger partial charge is 0.250 e. The van der Waals surface area contributed by atoms with Gasteiger partial charge in [-0.3, -0.25) is 9.59 Å². The zero-order valence-corrected chi connectivity index (χ0v) is 19.3. The second-order valence-corrected chi connectivity index (χ2v) is 9.29. The molecule has 2 atom stereocenters. The number of carbonyl (C=O) groups excluding carboxylic acids is 2. The molecule has 2 aromatic carbocycles. The van der Waals surface area contributed by atoms with Gasteiger partial charge in [-0.05, 0) is 47.9 Å². The van der Waals surface area contributed by atoms with Crippen LogP contribution in [0.2, 0.25) is 0 Å². The van der Waals surface area contributed by atoms with E-state index in [1.54, 1.807) is 22.3 Å². The van der Waals surface area contributed by atoms with E-state index in [1.165, 1.54) is 11.1 Å². The minimum Gasteiger partial charge on any atom is -0.349 e. The van der Waals surface area contributed by atoms with E-state index in [4.69, 9.17) is 5.73 Å². The fraction of sp³-hybridized carbons (Fsp3) is 0.259. The van der Waals surface area contributed by atoms with Crippen LogP contribution < -0.4 is 16.0 Å². The molecule has 1 aliphatic heterocycles. The van der Waals surface area contributed by atoms with Crippen molar-refractivity contribution in [2.75, 3.05) is 11.4 Å². The molecule has 0 fully saturated rings. The first-order valence-corrected chi connectivity index (χ1v) is 12.2. The molecular formula is C27H29N3O2S. The van der Waals surface area contributed by atoms with E-state index in [0.29, 0.717) is 19.4 Å². The average molecular weight is 460 g/mol. The summed E-state index contributed by atoms with van der Waals surface area (Å²) < 4.78 is 0. The molecule has 5 nitrogen and oxygen atoms in total. The zero-order chi connectivity index (χ0) is 23.0. The third-order valence-electron chi connectivity index (χ3n) is 5.88. The molecule has 2 amide bonds. The first-order chi connectivity index (χ1) is 16.1. The van der Waals surface area contributed by atoms with Gasteiger partial charge in [0.15, 0.2) is 0 Å². The summed E-state index contributed by atoms with van der Waals surface area (Å²) in [5.74, 6) is -0.271. The lowest BCUT2D eigenvalue weighted by atomic mass is 10.0. The Morgan fingerprint density at radius 2 is 1.85 bits per heavy atom. The van der Waals surface area contributed by atoms with Crippen molar-refractivity contribution in [2.24, 2.45) is 5.73 Å². The summed E-state index contributed by atoms with van der Waals surface area (Å²) in [7, 11) is 0. The minimum atomic E-state index is -0.627. The number of anilines is 1. The molecule has 0 radical (unpaired) electrons. The average Bonchev–Trinajstić information content (AvgIpc) is 3.51. The number of thiophene rings is 1. The van der Waals surface area contributed by atoms with Crippen LogP contribution in [-0.2, 0) is 28.9 Å². The number of nitrogens with zero attached hydrogens (tertiary/aromatic N) is 1. The van der Waals surface area contributed by atoms with Gasteiger partial charge in [0.1, 0.15) is 0 Å². The van der Waals surface area contributed by atoms with Crippen molar-refractivity contribution in [1.29, 1.82) is 0 Å². The molecule has 3 N–H and O–H groups in total. The van der Waals surface area contributed by atoms with E-state index >= 15 is 0 Å². The molecule has 4 rings (SSSR count). The number of aryl methyl sites for hydroxylation is 1. The van der Waals surface area contributed by atoms with Crippen LogP contribution in [0.3, 0.4) is 0 Å². The first kappa shape index (κ1) is 23.0. The Morgan fingerprint density at radius 1 is 1.06 bits per heavy atom. The predicted molar refractivity (Wildman–Crippen MR) is 134 cm³/mol. The molecule has 2 heterocycles. The molecule has 1 aliphatic rings. The van der Waals surface area contributed by atoms with Crippen molar-refractivity contribution in [1.82, 2.24) is 5.32 Å². The molecule has 170 valence electrons. The normalized spacial score (nSPS) is 14.8. The summed E-state index contributed by atoms with van der Waals surface area (Å²) >= 11 is 1.59. The molecule has 3 aromatic rings. The Kier molecular flexibility index (Phi) is 7.70. The number of nitrogens with two attached hydrogens (primary N) is 1. The van der Waals surface area contributed by atoms with Crippen molar-refractivity contribution < 1.29 is 9.59 Å². The van der Waals surface area contributed by atoms with Gasteiger partial charge in [0, 0.05) is 35.6 Å². The molecule has 0 saturated carbocycles. The highest BCUT2D eigenvalue weighted by Gasteiger charge is 2.23. The predicted octanol–water partition coefficient (Wildman–Crippen LogP) is 3.88. The minimum absolute atomic E-state index is 0.0678. The van der Waals surface area contributed by atoms with Crippen LogP contribution in [0.4, 0.5) is 5.69 Å². The number of fused-ring (bicyclic) bond motifs is 1. The molecular weight excluding hydrogens is 430 g/mol. The van der Waals surface area contributed by atoms with Crippen molar-refractivity contribution in [3.63, 3.8) is 0 Å². The topological polar surface area (TPSA) is 75.4 Å². The van der Waals surface area contributed by atoms with Crippen molar-refractivity contribution in [2.45, 2.75) is 37.8 Å². The van der Waals surface area contributed by atoms with Gasteiger partial charge in [-0.15, -0.1) is 11.3 Å². The molecule has 1 aromatic heterocycles. The van der Waals surface area contributed by atoms with Gasteiger partial charge >= 0.3 is 0 Å². The summed E-state index contributed by atoms with van der Waals surface area (Å²) in [6.45, 7) is 0.676.